The molecule has 0 radical (unpaired) electrons. The van der Waals surface area contributed by atoms with Crippen LogP contribution >= 0.6 is 0 Å². The topological polar surface area (TPSA) is 127 Å². The fourth-order valence-electron chi connectivity index (χ4n) is 5.21. The lowest BCUT2D eigenvalue weighted by Gasteiger charge is -2.36. The van der Waals surface area contributed by atoms with E-state index in [-0.39, 0.29) is 11.4 Å². The van der Waals surface area contributed by atoms with E-state index in [0.29, 0.717) is 47.5 Å². The molecule has 0 spiro atoms. The molecule has 1 aromatic heterocycles. The Balaban J connectivity index is 1.52. The number of benzene rings is 2. The zero-order valence-corrected chi connectivity index (χ0v) is 27.7. The Morgan fingerprint density at radius 2 is 1.83 bits per heavy atom. The van der Waals surface area contributed by atoms with Gasteiger partial charge in [-0.15, -0.1) is 0 Å². The van der Waals surface area contributed by atoms with Crippen molar-refractivity contribution in [1.29, 1.82) is 0 Å². The lowest BCUT2D eigenvalue weighted by Crippen LogP contribution is -2.46. The summed E-state index contributed by atoms with van der Waals surface area (Å²) < 4.78 is 41.6. The number of anilines is 4. The second-order valence-corrected chi connectivity index (χ2v) is 11.8. The fourth-order valence-corrected chi connectivity index (χ4v) is 5.21. The number of amidine groups is 1. The monoisotopic (exact) mass is 654 g/mol. The van der Waals surface area contributed by atoms with Crippen molar-refractivity contribution >= 4 is 40.6 Å². The third-order valence-electron chi connectivity index (χ3n) is 8.02. The maximum atomic E-state index is 13.9. The summed E-state index contributed by atoms with van der Waals surface area (Å²) >= 11 is 0. The van der Waals surface area contributed by atoms with Gasteiger partial charge in [-0.3, -0.25) is 4.79 Å². The quantitative estimate of drug-likeness (QED) is 0.114. The van der Waals surface area contributed by atoms with Crippen LogP contribution in [0.1, 0.15) is 46.8 Å². The van der Waals surface area contributed by atoms with E-state index < -0.39 is 17.6 Å². The number of aromatic nitrogens is 2. The van der Waals surface area contributed by atoms with E-state index in [9.17, 15) is 18.0 Å². The standard InChI is InChI=1S/C33H45F3N10O/c1-6-45-13-15-46(16-14-45)26-18-23(17-24(19-26)33(34,35)36)31(47)41-25-10-9-22(2)28(20-25)42-29(37)27-21-40-32(43-30(27)38-3)39-11-7-8-12-44(4)5/h9-10,17-21H,6-8,11-16H2,1-5H3,(H2,37,42)(H,41,47)(H2,38,39,40,43). The van der Waals surface area contributed by atoms with Crippen molar-refractivity contribution in [3.8, 4) is 0 Å². The number of hydrogen-bond donors (Lipinski definition) is 4. The first-order chi connectivity index (χ1) is 22.4. The summed E-state index contributed by atoms with van der Waals surface area (Å²) in [6.45, 7) is 9.14. The van der Waals surface area contributed by atoms with Crippen molar-refractivity contribution in [2.24, 2.45) is 10.7 Å². The smallest absolute Gasteiger partial charge is 0.383 e. The molecule has 1 aliphatic heterocycles. The molecular formula is C33H45F3N10O. The van der Waals surface area contributed by atoms with E-state index in [1.165, 1.54) is 6.07 Å². The van der Waals surface area contributed by atoms with Crippen LogP contribution in [0.5, 0.6) is 0 Å². The van der Waals surface area contributed by atoms with E-state index in [1.54, 1.807) is 31.4 Å². The van der Waals surface area contributed by atoms with Crippen LogP contribution in [0.4, 0.5) is 42.0 Å². The van der Waals surface area contributed by atoms with Gasteiger partial charge in [-0.1, -0.05) is 13.0 Å². The van der Waals surface area contributed by atoms with Crippen LogP contribution in [0, 0.1) is 6.92 Å². The van der Waals surface area contributed by atoms with Gasteiger partial charge in [0, 0.05) is 62.9 Å². The van der Waals surface area contributed by atoms with E-state index in [4.69, 9.17) is 5.73 Å². The first kappa shape index (κ1) is 35.4. The molecule has 1 fully saturated rings. The molecule has 1 saturated heterocycles. The molecular weight excluding hydrogens is 609 g/mol. The number of aliphatic imine (C=N–C) groups is 1. The van der Waals surface area contributed by atoms with Gasteiger partial charge in [-0.25, -0.2) is 9.98 Å². The highest BCUT2D eigenvalue weighted by molar-refractivity contribution is 6.06. The average Bonchev–Trinajstić information content (AvgIpc) is 3.05. The number of amides is 1. The van der Waals surface area contributed by atoms with Gasteiger partial charge in [0.25, 0.3) is 5.91 Å². The number of nitrogens with two attached hydrogens (primary N) is 1. The molecule has 4 rings (SSSR count). The number of rotatable bonds is 13. The van der Waals surface area contributed by atoms with Crippen LogP contribution in [0.15, 0.2) is 47.6 Å². The number of carbonyl (C=O) groups excluding carboxylic acids is 1. The van der Waals surface area contributed by atoms with Crippen molar-refractivity contribution in [2.75, 3.05) is 87.8 Å². The molecule has 0 atom stereocenters. The zero-order chi connectivity index (χ0) is 34.1. The van der Waals surface area contributed by atoms with Crippen molar-refractivity contribution in [3.05, 3.63) is 64.8 Å². The van der Waals surface area contributed by atoms with Crippen molar-refractivity contribution in [3.63, 3.8) is 0 Å². The van der Waals surface area contributed by atoms with Crippen LogP contribution in [-0.2, 0) is 6.18 Å². The van der Waals surface area contributed by atoms with Crippen LogP contribution < -0.4 is 26.6 Å². The molecule has 0 saturated carbocycles. The molecule has 254 valence electrons. The van der Waals surface area contributed by atoms with Crippen LogP contribution in [-0.4, -0.2) is 98.5 Å². The lowest BCUT2D eigenvalue weighted by molar-refractivity contribution is -0.137. The van der Waals surface area contributed by atoms with Gasteiger partial charge in [-0.05, 0) is 82.8 Å². The average molecular weight is 655 g/mol. The Morgan fingerprint density at radius 1 is 1.09 bits per heavy atom. The number of nitrogens with zero attached hydrogens (tertiary/aromatic N) is 6. The van der Waals surface area contributed by atoms with Gasteiger partial charge >= 0.3 is 6.18 Å². The minimum absolute atomic E-state index is 0.0832. The molecule has 0 bridgehead atoms. The van der Waals surface area contributed by atoms with E-state index in [2.05, 4.69) is 47.6 Å². The number of aryl methyl sites for hydroxylation is 1. The van der Waals surface area contributed by atoms with Crippen LogP contribution in [0.25, 0.3) is 0 Å². The fraction of sp³-hybridized carbons (Fsp3) is 0.455. The molecule has 2 aromatic carbocycles. The number of alkyl halides is 3. The van der Waals surface area contributed by atoms with Gasteiger partial charge in [0.15, 0.2) is 0 Å². The molecule has 0 unspecified atom stereocenters. The third-order valence-corrected chi connectivity index (χ3v) is 8.02. The number of nitrogens with one attached hydrogen (secondary N) is 3. The van der Waals surface area contributed by atoms with Crippen LogP contribution in [0.3, 0.4) is 0 Å². The molecule has 2 heterocycles. The minimum atomic E-state index is -4.60. The van der Waals surface area contributed by atoms with Gasteiger partial charge in [0.2, 0.25) is 5.95 Å². The number of likely N-dealkylation sites (N-methyl/N-ethyl adjacent to an activating group) is 1. The summed E-state index contributed by atoms with van der Waals surface area (Å²) in [6.07, 6.45) is -0.990. The van der Waals surface area contributed by atoms with E-state index >= 15 is 0 Å². The summed E-state index contributed by atoms with van der Waals surface area (Å²) in [5.41, 5.74) is 7.93. The van der Waals surface area contributed by atoms with E-state index in [0.717, 1.165) is 63.3 Å². The van der Waals surface area contributed by atoms with Gasteiger partial charge < -0.3 is 36.4 Å². The molecule has 5 N–H and O–H groups in total. The first-order valence-corrected chi connectivity index (χ1v) is 15.8. The Labute approximate surface area is 274 Å². The third kappa shape index (κ3) is 9.78. The highest BCUT2D eigenvalue weighted by Gasteiger charge is 2.33. The minimum Gasteiger partial charge on any atom is -0.383 e. The van der Waals surface area contributed by atoms with Gasteiger partial charge in [0.05, 0.1) is 16.8 Å². The number of piperazine rings is 1. The summed E-state index contributed by atoms with van der Waals surface area (Å²) in [6, 6.07) is 8.56. The van der Waals surface area contributed by atoms with Crippen LogP contribution in [0.2, 0.25) is 0 Å². The maximum absolute atomic E-state index is 13.9. The molecule has 3 aromatic rings. The van der Waals surface area contributed by atoms with Gasteiger partial charge in [-0.2, -0.15) is 18.2 Å². The molecule has 14 heteroatoms. The van der Waals surface area contributed by atoms with Gasteiger partial charge in [0.1, 0.15) is 11.7 Å². The zero-order valence-electron chi connectivity index (χ0n) is 27.7. The summed E-state index contributed by atoms with van der Waals surface area (Å²) in [7, 11) is 5.81. The maximum Gasteiger partial charge on any atom is 0.416 e. The Hall–Kier alpha value is -4.43. The van der Waals surface area contributed by atoms with Crippen molar-refractivity contribution in [2.45, 2.75) is 32.9 Å². The normalized spacial score (nSPS) is 14.4. The second-order valence-electron chi connectivity index (χ2n) is 11.8. The highest BCUT2D eigenvalue weighted by atomic mass is 19.4. The van der Waals surface area contributed by atoms with Crippen molar-refractivity contribution < 1.29 is 18.0 Å². The molecule has 1 amide bonds. The molecule has 47 heavy (non-hydrogen) atoms. The summed E-state index contributed by atoms with van der Waals surface area (Å²) in [5, 5.41) is 9.00. The number of halogens is 3. The second kappa shape index (κ2) is 15.9. The Morgan fingerprint density at radius 3 is 2.49 bits per heavy atom. The number of unbranched alkanes of at least 4 members (excludes halogenated alkanes) is 1. The predicted molar refractivity (Wildman–Crippen MR) is 183 cm³/mol. The summed E-state index contributed by atoms with van der Waals surface area (Å²) in [5.74, 6) is 0.462. The highest BCUT2D eigenvalue weighted by Crippen LogP contribution is 2.34. The SMILES string of the molecule is CCN1CCN(c2cc(C(=O)Nc3ccc(C)c(N=C(N)c4cnc(NCCCCN(C)C)nc4NC)c3)cc(C(F)(F)F)c2)CC1. The molecule has 0 aliphatic carbocycles. The predicted octanol–water partition coefficient (Wildman–Crippen LogP) is 5.03. The largest absolute Gasteiger partial charge is 0.416 e. The Kier molecular flexibility index (Phi) is 12.0. The molecule has 11 nitrogen and oxygen atoms in total. The summed E-state index contributed by atoms with van der Waals surface area (Å²) in [4.78, 5) is 33.1. The number of carbonyl (C=O) groups is 1. The first-order valence-electron chi connectivity index (χ1n) is 15.8. The molecule has 1 aliphatic rings. The Bertz CT molecular complexity index is 1550. The number of hydrogen-bond acceptors (Lipinski definition) is 9. The van der Waals surface area contributed by atoms with Crippen molar-refractivity contribution in [1.82, 2.24) is 19.8 Å². The van der Waals surface area contributed by atoms with E-state index in [1.807, 2.05) is 25.9 Å². The lowest BCUT2D eigenvalue weighted by atomic mass is 10.1.